The van der Waals surface area contributed by atoms with Gasteiger partial charge >= 0.3 is 12.1 Å². The number of carbonyl (C=O) groups is 1. The molecule has 0 bridgehead atoms. The van der Waals surface area contributed by atoms with E-state index in [1.54, 1.807) is 0 Å². The van der Waals surface area contributed by atoms with Crippen LogP contribution in [0, 0.1) is 0 Å². The Morgan fingerprint density at radius 3 is 2.14 bits per heavy atom. The number of hydrogen-bond donors (Lipinski definition) is 3. The van der Waals surface area contributed by atoms with E-state index in [-0.39, 0.29) is 11.0 Å². The molecule has 7 nitrogen and oxygen atoms in total. The average molecular weight is 424 g/mol. The number of rotatable bonds is 3. The second-order valence-corrected chi connectivity index (χ2v) is 8.96. The Bertz CT molecular complexity index is 762. The van der Waals surface area contributed by atoms with Gasteiger partial charge in [0.2, 0.25) is 0 Å². The number of aromatic hydroxyl groups is 1. The first-order chi connectivity index (χ1) is 13.0. The van der Waals surface area contributed by atoms with E-state index in [9.17, 15) is 26.7 Å². The molecule has 0 amide bonds. The normalized spacial score (nSPS) is 21.8. The summed E-state index contributed by atoms with van der Waals surface area (Å²) >= 11 is 0. The predicted octanol–water partition coefficient (Wildman–Crippen LogP) is 1.63. The lowest BCUT2D eigenvalue weighted by Gasteiger charge is -2.31. The monoisotopic (exact) mass is 424 g/mol. The number of nitrogens with zero attached hydrogens (tertiary/aromatic N) is 1. The van der Waals surface area contributed by atoms with E-state index in [1.165, 1.54) is 24.3 Å². The summed E-state index contributed by atoms with van der Waals surface area (Å²) in [5.74, 6) is -2.66. The Morgan fingerprint density at radius 1 is 1.11 bits per heavy atom. The van der Waals surface area contributed by atoms with Crippen molar-refractivity contribution in [2.45, 2.75) is 41.6 Å². The minimum atomic E-state index is -5.08. The summed E-state index contributed by atoms with van der Waals surface area (Å²) in [7, 11) is -3.30. The second kappa shape index (κ2) is 9.10. The van der Waals surface area contributed by atoms with Gasteiger partial charge in [-0.3, -0.25) is 4.90 Å². The first-order valence-electron chi connectivity index (χ1n) is 8.79. The van der Waals surface area contributed by atoms with Crippen molar-refractivity contribution < 1.29 is 36.6 Å². The van der Waals surface area contributed by atoms with E-state index < -0.39 is 22.0 Å². The van der Waals surface area contributed by atoms with Crippen LogP contribution >= 0.6 is 0 Å². The zero-order valence-corrected chi connectivity index (χ0v) is 15.8. The van der Waals surface area contributed by atoms with Gasteiger partial charge in [0.1, 0.15) is 5.75 Å². The summed E-state index contributed by atoms with van der Waals surface area (Å²) in [6, 6.07) is 6.39. The van der Waals surface area contributed by atoms with Gasteiger partial charge in [-0.2, -0.15) is 13.2 Å². The van der Waals surface area contributed by atoms with Gasteiger partial charge in [-0.05, 0) is 63.2 Å². The number of halogens is 3. The smallest absolute Gasteiger partial charge is 0.490 e. The van der Waals surface area contributed by atoms with Gasteiger partial charge in [0, 0.05) is 12.6 Å². The van der Waals surface area contributed by atoms with Crippen LogP contribution in [0.25, 0.3) is 0 Å². The minimum absolute atomic E-state index is 0.0942. The van der Waals surface area contributed by atoms with Crippen molar-refractivity contribution in [1.82, 2.24) is 10.2 Å². The minimum Gasteiger partial charge on any atom is -0.508 e. The number of sulfone groups is 1. The van der Waals surface area contributed by atoms with Crippen LogP contribution in [0.1, 0.15) is 19.3 Å². The fourth-order valence-electron chi connectivity index (χ4n) is 3.34. The highest BCUT2D eigenvalue weighted by Gasteiger charge is 2.38. The molecule has 158 valence electrons. The number of nitrogens with one attached hydrogen (secondary N) is 1. The van der Waals surface area contributed by atoms with E-state index in [0.717, 1.165) is 32.5 Å². The molecule has 0 saturated carbocycles. The summed E-state index contributed by atoms with van der Waals surface area (Å²) < 4.78 is 57.0. The van der Waals surface area contributed by atoms with Crippen molar-refractivity contribution in [1.29, 1.82) is 0 Å². The van der Waals surface area contributed by atoms with Crippen LogP contribution in [0.2, 0.25) is 0 Å². The van der Waals surface area contributed by atoms with E-state index in [4.69, 9.17) is 9.90 Å². The Morgan fingerprint density at radius 2 is 1.64 bits per heavy atom. The third kappa shape index (κ3) is 5.82. The third-order valence-electron chi connectivity index (χ3n) is 4.85. The largest absolute Gasteiger partial charge is 0.508 e. The molecule has 11 heteroatoms. The maximum absolute atomic E-state index is 12.7. The van der Waals surface area contributed by atoms with Crippen molar-refractivity contribution in [2.75, 3.05) is 26.2 Å². The molecule has 2 saturated heterocycles. The fraction of sp³-hybridized carbons (Fsp3) is 0.588. The van der Waals surface area contributed by atoms with Crippen molar-refractivity contribution in [3.8, 4) is 5.75 Å². The molecule has 3 N–H and O–H groups in total. The van der Waals surface area contributed by atoms with Crippen LogP contribution in [0.5, 0.6) is 5.75 Å². The molecule has 2 fully saturated rings. The molecule has 1 aromatic rings. The number of hydrogen-bond acceptors (Lipinski definition) is 6. The molecule has 0 spiro atoms. The number of likely N-dealkylation sites (tertiary alicyclic amines) is 1. The number of carboxylic acid groups (broad SMARTS) is 1. The molecular formula is C17H23F3N2O5S. The maximum atomic E-state index is 12.7. The molecule has 2 heterocycles. The summed E-state index contributed by atoms with van der Waals surface area (Å²) in [4.78, 5) is 11.5. The standard InChI is InChI=1S/C15H22N2O3S.C2HF3O2/c18-13-1-3-14(4-2-13)21(19,20)15-7-10-17(11-15)12-5-8-16-9-6-12;3-2(4,5)1(6)7/h1-4,12,15-16,18H,5-11H2;(H,6,7). The molecule has 3 rings (SSSR count). The van der Waals surface area contributed by atoms with Gasteiger partial charge in [0.25, 0.3) is 0 Å². The highest BCUT2D eigenvalue weighted by molar-refractivity contribution is 7.92. The number of piperidine rings is 1. The van der Waals surface area contributed by atoms with E-state index in [0.29, 0.717) is 23.9 Å². The maximum Gasteiger partial charge on any atom is 0.490 e. The number of benzene rings is 1. The van der Waals surface area contributed by atoms with Crippen molar-refractivity contribution >= 4 is 15.8 Å². The van der Waals surface area contributed by atoms with Crippen molar-refractivity contribution in [3.63, 3.8) is 0 Å². The number of phenolic OH excluding ortho intramolecular Hbond substituents is 1. The molecule has 28 heavy (non-hydrogen) atoms. The first kappa shape index (κ1) is 22.4. The molecule has 0 aliphatic carbocycles. The highest BCUT2D eigenvalue weighted by atomic mass is 32.2. The summed E-state index contributed by atoms with van der Waals surface area (Å²) in [5.41, 5.74) is 0. The molecule has 1 aromatic carbocycles. The number of phenols is 1. The van der Waals surface area contributed by atoms with Crippen LogP contribution in [-0.4, -0.2) is 73.1 Å². The molecule has 1 atom stereocenters. The van der Waals surface area contributed by atoms with Crippen LogP contribution in [-0.2, 0) is 14.6 Å². The molecule has 2 aliphatic heterocycles. The Labute approximate surface area is 161 Å². The molecular weight excluding hydrogens is 401 g/mol. The van der Waals surface area contributed by atoms with E-state index in [1.807, 2.05) is 0 Å². The van der Waals surface area contributed by atoms with E-state index in [2.05, 4.69) is 10.2 Å². The predicted molar refractivity (Wildman–Crippen MR) is 94.9 cm³/mol. The van der Waals surface area contributed by atoms with Gasteiger partial charge in [0.15, 0.2) is 9.84 Å². The zero-order valence-electron chi connectivity index (χ0n) is 15.0. The number of aliphatic carboxylic acids is 1. The number of alkyl halides is 3. The second-order valence-electron chi connectivity index (χ2n) is 6.73. The molecule has 2 aliphatic rings. The van der Waals surface area contributed by atoms with Crippen LogP contribution in [0.4, 0.5) is 13.2 Å². The lowest BCUT2D eigenvalue weighted by Crippen LogP contribution is -2.42. The Kier molecular flexibility index (Phi) is 7.29. The van der Waals surface area contributed by atoms with Crippen LogP contribution in [0.15, 0.2) is 29.2 Å². The molecule has 1 unspecified atom stereocenters. The topological polar surface area (TPSA) is 107 Å². The fourth-order valence-corrected chi connectivity index (χ4v) is 5.04. The Hall–Kier alpha value is -1.85. The Balaban J connectivity index is 0.000000345. The van der Waals surface area contributed by atoms with Crippen LogP contribution < -0.4 is 5.32 Å². The molecule has 0 radical (unpaired) electrons. The average Bonchev–Trinajstić information content (AvgIpc) is 3.13. The number of carboxylic acids is 1. The van der Waals surface area contributed by atoms with E-state index >= 15 is 0 Å². The lowest BCUT2D eigenvalue weighted by atomic mass is 10.1. The van der Waals surface area contributed by atoms with Gasteiger partial charge in [-0.1, -0.05) is 0 Å². The summed E-state index contributed by atoms with van der Waals surface area (Å²) in [6.07, 6.45) is -2.18. The summed E-state index contributed by atoms with van der Waals surface area (Å²) in [5, 5.41) is 19.4. The highest BCUT2D eigenvalue weighted by Crippen LogP contribution is 2.27. The lowest BCUT2D eigenvalue weighted by molar-refractivity contribution is -0.192. The van der Waals surface area contributed by atoms with Crippen LogP contribution in [0.3, 0.4) is 0 Å². The van der Waals surface area contributed by atoms with Gasteiger partial charge in [-0.25, -0.2) is 13.2 Å². The van der Waals surface area contributed by atoms with Crippen molar-refractivity contribution in [3.05, 3.63) is 24.3 Å². The van der Waals surface area contributed by atoms with Gasteiger partial charge in [0.05, 0.1) is 10.1 Å². The quantitative estimate of drug-likeness (QED) is 0.677. The van der Waals surface area contributed by atoms with Gasteiger partial charge in [-0.15, -0.1) is 0 Å². The van der Waals surface area contributed by atoms with Crippen molar-refractivity contribution in [2.24, 2.45) is 0 Å². The molecule has 0 aromatic heterocycles. The zero-order chi connectivity index (χ0) is 20.9. The van der Waals surface area contributed by atoms with Gasteiger partial charge < -0.3 is 15.5 Å². The summed E-state index contributed by atoms with van der Waals surface area (Å²) in [6.45, 7) is 3.55. The third-order valence-corrected chi connectivity index (χ3v) is 7.04. The first-order valence-corrected chi connectivity index (χ1v) is 10.3. The SMILES string of the molecule is O=C(O)C(F)(F)F.O=S(=O)(c1ccc(O)cc1)C1CCN(C2CCNCC2)C1.